The fourth-order valence-corrected chi connectivity index (χ4v) is 3.08. The number of furan rings is 1. The van der Waals surface area contributed by atoms with Gasteiger partial charge in [0.1, 0.15) is 0 Å². The average molecular weight is 329 g/mol. The molecule has 0 spiro atoms. The van der Waals surface area contributed by atoms with E-state index in [2.05, 4.69) is 4.90 Å². The van der Waals surface area contributed by atoms with Gasteiger partial charge < -0.3 is 13.9 Å². The predicted molar refractivity (Wildman–Crippen MR) is 89.9 cm³/mol. The molecule has 3 rings (SSSR count). The molecule has 0 unspecified atom stereocenters. The first-order valence-electron chi connectivity index (χ1n) is 8.26. The molecule has 1 amide bonds. The zero-order valence-corrected chi connectivity index (χ0v) is 14.2. The lowest BCUT2D eigenvalue weighted by Gasteiger charge is -2.21. The van der Waals surface area contributed by atoms with Crippen molar-refractivity contribution in [1.29, 1.82) is 0 Å². The van der Waals surface area contributed by atoms with Gasteiger partial charge in [0.05, 0.1) is 6.26 Å². The van der Waals surface area contributed by atoms with Crippen molar-refractivity contribution in [3.05, 3.63) is 47.7 Å². The number of nitrogens with zero attached hydrogens (tertiary/aromatic N) is 3. The summed E-state index contributed by atoms with van der Waals surface area (Å²) in [4.78, 5) is 28.1. The van der Waals surface area contributed by atoms with Crippen molar-refractivity contribution >= 4 is 11.7 Å². The maximum absolute atomic E-state index is 12.4. The number of ketones is 1. The number of carbonyl (C=O) groups is 2. The minimum atomic E-state index is -0.0421. The molecule has 1 aliphatic heterocycles. The summed E-state index contributed by atoms with van der Waals surface area (Å²) in [6.45, 7) is 5.54. The first-order valence-corrected chi connectivity index (χ1v) is 8.26. The molecular weight excluding hydrogens is 306 g/mol. The number of amides is 1. The van der Waals surface area contributed by atoms with E-state index in [0.29, 0.717) is 12.3 Å². The summed E-state index contributed by atoms with van der Waals surface area (Å²) < 4.78 is 7.22. The number of rotatable bonds is 4. The van der Waals surface area contributed by atoms with E-state index in [4.69, 9.17) is 4.42 Å². The molecule has 6 heteroatoms. The summed E-state index contributed by atoms with van der Waals surface area (Å²) in [6, 6.07) is 5.40. The predicted octanol–water partition coefficient (Wildman–Crippen LogP) is 2.17. The summed E-state index contributed by atoms with van der Waals surface area (Å²) in [5.41, 5.74) is 1.86. The quantitative estimate of drug-likeness (QED) is 0.807. The van der Waals surface area contributed by atoms with Crippen molar-refractivity contribution in [2.45, 2.75) is 19.9 Å². The average Bonchev–Trinajstić information content (AvgIpc) is 3.14. The molecule has 1 saturated heterocycles. The van der Waals surface area contributed by atoms with Crippen LogP contribution in [0.3, 0.4) is 0 Å². The van der Waals surface area contributed by atoms with Crippen LogP contribution in [0.15, 0.2) is 35.1 Å². The van der Waals surface area contributed by atoms with E-state index in [0.717, 1.165) is 43.9 Å². The van der Waals surface area contributed by atoms with E-state index in [1.807, 2.05) is 28.8 Å². The van der Waals surface area contributed by atoms with Crippen LogP contribution in [0.4, 0.5) is 0 Å². The van der Waals surface area contributed by atoms with Gasteiger partial charge in [-0.25, -0.2) is 0 Å². The van der Waals surface area contributed by atoms with Crippen molar-refractivity contribution in [2.24, 2.45) is 7.05 Å². The first-order chi connectivity index (χ1) is 11.5. The summed E-state index contributed by atoms with van der Waals surface area (Å²) in [6.07, 6.45) is 4.33. The minimum Gasteiger partial charge on any atom is -0.459 e. The molecule has 0 atom stereocenters. The molecule has 128 valence electrons. The molecule has 24 heavy (non-hydrogen) atoms. The fourth-order valence-electron chi connectivity index (χ4n) is 3.08. The van der Waals surface area contributed by atoms with Crippen LogP contribution in [-0.4, -0.2) is 52.2 Å². The topological polar surface area (TPSA) is 58.7 Å². The molecule has 0 aliphatic carbocycles. The monoisotopic (exact) mass is 329 g/mol. The van der Waals surface area contributed by atoms with Crippen molar-refractivity contribution in [1.82, 2.24) is 14.4 Å². The molecule has 0 N–H and O–H groups in total. The van der Waals surface area contributed by atoms with Crippen molar-refractivity contribution in [2.75, 3.05) is 26.2 Å². The van der Waals surface area contributed by atoms with Crippen LogP contribution >= 0.6 is 0 Å². The molecule has 1 fully saturated rings. The normalized spacial score (nSPS) is 16.2. The second-order valence-electron chi connectivity index (χ2n) is 6.29. The van der Waals surface area contributed by atoms with Crippen LogP contribution in [0.5, 0.6) is 0 Å². The van der Waals surface area contributed by atoms with E-state index in [-0.39, 0.29) is 11.7 Å². The Morgan fingerprint density at radius 1 is 1.21 bits per heavy atom. The van der Waals surface area contributed by atoms with Crippen molar-refractivity contribution in [3.8, 4) is 0 Å². The Hall–Kier alpha value is -2.34. The van der Waals surface area contributed by atoms with Gasteiger partial charge in [-0.3, -0.25) is 14.5 Å². The number of aromatic nitrogens is 1. The molecule has 2 aromatic rings. The number of aryl methyl sites for hydroxylation is 1. The van der Waals surface area contributed by atoms with E-state index in [1.54, 1.807) is 19.1 Å². The molecule has 2 aromatic heterocycles. The first kappa shape index (κ1) is 16.5. The molecule has 0 bridgehead atoms. The highest BCUT2D eigenvalue weighted by Crippen LogP contribution is 2.14. The molecule has 3 heterocycles. The Kier molecular flexibility index (Phi) is 4.85. The Balaban J connectivity index is 1.61. The van der Waals surface area contributed by atoms with Crippen molar-refractivity contribution in [3.63, 3.8) is 0 Å². The lowest BCUT2D eigenvalue weighted by molar-refractivity contribution is 0.0729. The van der Waals surface area contributed by atoms with Crippen LogP contribution in [0.2, 0.25) is 0 Å². The van der Waals surface area contributed by atoms with Gasteiger partial charge in [-0.05, 0) is 31.5 Å². The zero-order chi connectivity index (χ0) is 17.1. The number of carbonyl (C=O) groups excluding carboxylic acids is 2. The number of Topliss-reactive ketones (excluding diaryl/α,β-unsaturated/α-hetero) is 1. The van der Waals surface area contributed by atoms with Crippen LogP contribution in [0.1, 0.15) is 40.0 Å². The minimum absolute atomic E-state index is 0.0421. The largest absolute Gasteiger partial charge is 0.459 e. The Morgan fingerprint density at radius 2 is 2.04 bits per heavy atom. The molecular formula is C18H23N3O3. The number of hydrogen-bond donors (Lipinski definition) is 0. The lowest BCUT2D eigenvalue weighted by atomic mass is 10.2. The third-order valence-corrected chi connectivity index (χ3v) is 4.51. The highest BCUT2D eigenvalue weighted by molar-refractivity contribution is 5.94. The maximum Gasteiger partial charge on any atom is 0.289 e. The van der Waals surface area contributed by atoms with Gasteiger partial charge in [0.2, 0.25) is 0 Å². The highest BCUT2D eigenvalue weighted by Gasteiger charge is 2.22. The van der Waals surface area contributed by atoms with Gasteiger partial charge in [-0.15, -0.1) is 0 Å². The highest BCUT2D eigenvalue weighted by atomic mass is 16.3. The second kappa shape index (κ2) is 7.05. The second-order valence-corrected chi connectivity index (χ2v) is 6.29. The standard InChI is InChI=1S/C18H23N3O3/c1-14(22)15-11-16(19(2)12-15)13-20-6-4-7-21(9-8-20)18(23)17-5-3-10-24-17/h3,5,10-12H,4,6-9,13H2,1-2H3. The molecule has 0 radical (unpaired) electrons. The zero-order valence-electron chi connectivity index (χ0n) is 14.2. The fraction of sp³-hybridized carbons (Fsp3) is 0.444. The van der Waals surface area contributed by atoms with E-state index in [9.17, 15) is 9.59 Å². The molecule has 6 nitrogen and oxygen atoms in total. The van der Waals surface area contributed by atoms with E-state index >= 15 is 0 Å². The third-order valence-electron chi connectivity index (χ3n) is 4.51. The van der Waals surface area contributed by atoms with Crippen molar-refractivity contribution < 1.29 is 14.0 Å². The Bertz CT molecular complexity index is 718. The van der Waals surface area contributed by atoms with Gasteiger partial charge in [0.15, 0.2) is 11.5 Å². The van der Waals surface area contributed by atoms with E-state index < -0.39 is 0 Å². The maximum atomic E-state index is 12.4. The summed E-state index contributed by atoms with van der Waals surface area (Å²) in [5.74, 6) is 0.444. The van der Waals surface area contributed by atoms with Crippen LogP contribution in [0.25, 0.3) is 0 Å². The van der Waals surface area contributed by atoms with Gasteiger partial charge >= 0.3 is 0 Å². The van der Waals surface area contributed by atoms with Crippen LogP contribution in [-0.2, 0) is 13.6 Å². The Labute approximate surface area is 141 Å². The lowest BCUT2D eigenvalue weighted by Crippen LogP contribution is -2.35. The summed E-state index contributed by atoms with van der Waals surface area (Å²) in [5, 5.41) is 0. The summed E-state index contributed by atoms with van der Waals surface area (Å²) >= 11 is 0. The number of hydrogen-bond acceptors (Lipinski definition) is 4. The SMILES string of the molecule is CC(=O)c1cc(CN2CCCN(C(=O)c3ccco3)CC2)n(C)c1. The molecule has 0 saturated carbocycles. The smallest absolute Gasteiger partial charge is 0.289 e. The molecule has 1 aliphatic rings. The van der Waals surface area contributed by atoms with Gasteiger partial charge in [-0.1, -0.05) is 0 Å². The summed E-state index contributed by atoms with van der Waals surface area (Å²) in [7, 11) is 1.96. The van der Waals surface area contributed by atoms with Gasteiger partial charge in [0, 0.05) is 57.2 Å². The Morgan fingerprint density at radius 3 is 2.71 bits per heavy atom. The third kappa shape index (κ3) is 3.59. The van der Waals surface area contributed by atoms with Gasteiger partial charge in [-0.2, -0.15) is 0 Å². The van der Waals surface area contributed by atoms with Crippen LogP contribution < -0.4 is 0 Å². The van der Waals surface area contributed by atoms with Crippen LogP contribution in [0, 0.1) is 0 Å². The molecule has 0 aromatic carbocycles. The van der Waals surface area contributed by atoms with Gasteiger partial charge in [0.25, 0.3) is 5.91 Å². The van der Waals surface area contributed by atoms with E-state index in [1.165, 1.54) is 6.26 Å².